The fourth-order valence-corrected chi connectivity index (χ4v) is 2.73. The van der Waals surface area contributed by atoms with Gasteiger partial charge in [-0.25, -0.2) is 0 Å². The number of benzene rings is 1. The molecule has 0 aliphatic carbocycles. The lowest BCUT2D eigenvalue weighted by Crippen LogP contribution is -2.34. The number of hydrogen-bond acceptors (Lipinski definition) is 3. The predicted octanol–water partition coefficient (Wildman–Crippen LogP) is 2.84. The predicted molar refractivity (Wildman–Crippen MR) is 76.9 cm³/mol. The lowest BCUT2D eigenvalue weighted by molar-refractivity contribution is 0.103. The molecule has 0 saturated carbocycles. The van der Waals surface area contributed by atoms with Crippen LogP contribution in [0.25, 0.3) is 0 Å². The van der Waals surface area contributed by atoms with Crippen molar-refractivity contribution in [1.29, 1.82) is 0 Å². The van der Waals surface area contributed by atoms with Gasteiger partial charge in [0.15, 0.2) is 0 Å². The second-order valence-corrected chi connectivity index (χ2v) is 5.15. The maximum absolute atomic E-state index is 5.76. The van der Waals surface area contributed by atoms with Gasteiger partial charge < -0.3 is 4.74 Å². The average molecular weight is 256 g/mol. The first-order valence-electron chi connectivity index (χ1n) is 7.01. The van der Waals surface area contributed by atoms with Crippen LogP contribution in [0, 0.1) is 5.92 Å². The normalized spacial score (nSPS) is 24.7. The van der Waals surface area contributed by atoms with Crippen LogP contribution in [0.15, 0.2) is 47.6 Å². The van der Waals surface area contributed by atoms with Gasteiger partial charge in [0.1, 0.15) is 0 Å². The minimum absolute atomic E-state index is 0.542. The molecule has 0 aromatic heterocycles. The Balaban J connectivity index is 1.41. The van der Waals surface area contributed by atoms with E-state index in [0.29, 0.717) is 18.6 Å². The molecule has 2 atom stereocenters. The maximum atomic E-state index is 5.76. The van der Waals surface area contributed by atoms with Gasteiger partial charge in [-0.3, -0.25) is 5.01 Å². The van der Waals surface area contributed by atoms with Crippen LogP contribution in [-0.2, 0) is 11.3 Å². The highest BCUT2D eigenvalue weighted by Crippen LogP contribution is 2.26. The highest BCUT2D eigenvalue weighted by molar-refractivity contribution is 5.63. The molecule has 2 heterocycles. The van der Waals surface area contributed by atoms with Crippen LogP contribution in [0.4, 0.5) is 0 Å². The quantitative estimate of drug-likeness (QED) is 0.598. The number of hydrogen-bond donors (Lipinski definition) is 0. The van der Waals surface area contributed by atoms with Crippen molar-refractivity contribution in [2.24, 2.45) is 11.0 Å². The SMILES string of the molecule is C1=CCN2N=C[C@@H](CCOCc3ccccc3)[C@@H]2C1. The van der Waals surface area contributed by atoms with Crippen LogP contribution < -0.4 is 0 Å². The van der Waals surface area contributed by atoms with Crippen molar-refractivity contribution in [3.8, 4) is 0 Å². The summed E-state index contributed by atoms with van der Waals surface area (Å²) in [4.78, 5) is 0. The number of hydrazone groups is 1. The third-order valence-corrected chi connectivity index (χ3v) is 3.83. The third kappa shape index (κ3) is 3.04. The third-order valence-electron chi connectivity index (χ3n) is 3.83. The Morgan fingerprint density at radius 3 is 3.00 bits per heavy atom. The van der Waals surface area contributed by atoms with E-state index in [1.54, 1.807) is 0 Å². The van der Waals surface area contributed by atoms with E-state index in [1.807, 2.05) is 6.07 Å². The van der Waals surface area contributed by atoms with Gasteiger partial charge in [0, 0.05) is 18.7 Å². The number of ether oxygens (including phenoxy) is 1. The second kappa shape index (κ2) is 6.02. The summed E-state index contributed by atoms with van der Waals surface area (Å²) in [7, 11) is 0. The monoisotopic (exact) mass is 256 g/mol. The standard InChI is InChI=1S/C16H20N2O/c1-2-6-14(7-3-1)13-19-11-9-15-12-17-18-10-5-4-8-16(15)18/h1-7,12,15-16H,8-11,13H2/t15-,16+/m1/s1. The van der Waals surface area contributed by atoms with Crippen LogP contribution in [-0.4, -0.2) is 30.4 Å². The molecule has 1 aromatic rings. The number of nitrogens with zero attached hydrogens (tertiary/aromatic N) is 2. The van der Waals surface area contributed by atoms with Crippen molar-refractivity contribution in [2.75, 3.05) is 13.2 Å². The van der Waals surface area contributed by atoms with Gasteiger partial charge in [-0.05, 0) is 18.4 Å². The summed E-state index contributed by atoms with van der Waals surface area (Å²) in [5.41, 5.74) is 1.24. The van der Waals surface area contributed by atoms with Crippen LogP contribution in [0.5, 0.6) is 0 Å². The van der Waals surface area contributed by atoms with Crippen molar-refractivity contribution in [3.05, 3.63) is 48.0 Å². The average Bonchev–Trinajstić information content (AvgIpc) is 2.88. The molecule has 0 amide bonds. The van der Waals surface area contributed by atoms with E-state index in [9.17, 15) is 0 Å². The largest absolute Gasteiger partial charge is 0.377 e. The first-order chi connectivity index (χ1) is 9.43. The van der Waals surface area contributed by atoms with Crippen molar-refractivity contribution in [2.45, 2.75) is 25.5 Å². The van der Waals surface area contributed by atoms with Gasteiger partial charge in [0.05, 0.1) is 19.2 Å². The van der Waals surface area contributed by atoms with Crippen LogP contribution in [0.3, 0.4) is 0 Å². The molecule has 0 fully saturated rings. The number of fused-ring (bicyclic) bond motifs is 1. The summed E-state index contributed by atoms with van der Waals surface area (Å²) < 4.78 is 5.76. The Labute approximate surface area is 114 Å². The van der Waals surface area contributed by atoms with Gasteiger partial charge in [-0.1, -0.05) is 42.5 Å². The zero-order valence-corrected chi connectivity index (χ0v) is 11.1. The smallest absolute Gasteiger partial charge is 0.0716 e. The molecule has 19 heavy (non-hydrogen) atoms. The molecule has 3 heteroatoms. The molecule has 1 aromatic carbocycles. The zero-order chi connectivity index (χ0) is 12.9. The molecule has 3 rings (SSSR count). The fourth-order valence-electron chi connectivity index (χ4n) is 2.73. The molecule has 0 N–H and O–H groups in total. The Bertz CT molecular complexity index is 455. The van der Waals surface area contributed by atoms with E-state index in [0.717, 1.165) is 26.0 Å². The molecule has 3 nitrogen and oxygen atoms in total. The Hall–Kier alpha value is -1.61. The molecule has 2 aliphatic heterocycles. The molecule has 100 valence electrons. The minimum atomic E-state index is 0.542. The fraction of sp³-hybridized carbons (Fsp3) is 0.438. The van der Waals surface area contributed by atoms with E-state index >= 15 is 0 Å². The maximum Gasteiger partial charge on any atom is 0.0716 e. The van der Waals surface area contributed by atoms with Gasteiger partial charge in [-0.15, -0.1) is 0 Å². The summed E-state index contributed by atoms with van der Waals surface area (Å²) >= 11 is 0. The zero-order valence-electron chi connectivity index (χ0n) is 11.1. The minimum Gasteiger partial charge on any atom is -0.377 e. The second-order valence-electron chi connectivity index (χ2n) is 5.15. The molecular formula is C16H20N2O. The van der Waals surface area contributed by atoms with E-state index in [4.69, 9.17) is 4.74 Å². The molecular weight excluding hydrogens is 236 g/mol. The Morgan fingerprint density at radius 1 is 1.21 bits per heavy atom. The van der Waals surface area contributed by atoms with Gasteiger partial charge in [-0.2, -0.15) is 5.10 Å². The first kappa shape index (κ1) is 12.4. The highest BCUT2D eigenvalue weighted by Gasteiger charge is 2.30. The first-order valence-corrected chi connectivity index (χ1v) is 7.01. The van der Waals surface area contributed by atoms with Gasteiger partial charge >= 0.3 is 0 Å². The van der Waals surface area contributed by atoms with Crippen molar-refractivity contribution < 1.29 is 4.74 Å². The Morgan fingerprint density at radius 2 is 2.11 bits per heavy atom. The summed E-state index contributed by atoms with van der Waals surface area (Å²) in [6.07, 6.45) is 8.74. The van der Waals surface area contributed by atoms with Crippen LogP contribution in [0.2, 0.25) is 0 Å². The van der Waals surface area contributed by atoms with E-state index in [1.165, 1.54) is 5.56 Å². The van der Waals surface area contributed by atoms with Gasteiger partial charge in [0.2, 0.25) is 0 Å². The summed E-state index contributed by atoms with van der Waals surface area (Å²) in [5, 5.41) is 6.67. The molecule has 2 aliphatic rings. The summed E-state index contributed by atoms with van der Waals surface area (Å²) in [6, 6.07) is 10.9. The molecule has 0 radical (unpaired) electrons. The topological polar surface area (TPSA) is 24.8 Å². The lowest BCUT2D eigenvalue weighted by atomic mass is 9.94. The van der Waals surface area contributed by atoms with Crippen LogP contribution in [0.1, 0.15) is 18.4 Å². The van der Waals surface area contributed by atoms with E-state index in [2.05, 4.69) is 52.7 Å². The van der Waals surface area contributed by atoms with Crippen LogP contribution >= 0.6 is 0 Å². The molecule has 0 saturated heterocycles. The van der Waals surface area contributed by atoms with Crippen molar-refractivity contribution >= 4 is 6.21 Å². The van der Waals surface area contributed by atoms with Crippen molar-refractivity contribution in [1.82, 2.24) is 5.01 Å². The molecule has 0 spiro atoms. The lowest BCUT2D eigenvalue weighted by Gasteiger charge is -2.28. The van der Waals surface area contributed by atoms with E-state index < -0.39 is 0 Å². The highest BCUT2D eigenvalue weighted by atomic mass is 16.5. The Kier molecular flexibility index (Phi) is 3.94. The van der Waals surface area contributed by atoms with Gasteiger partial charge in [0.25, 0.3) is 0 Å². The summed E-state index contributed by atoms with van der Waals surface area (Å²) in [6.45, 7) is 2.47. The molecule has 0 bridgehead atoms. The van der Waals surface area contributed by atoms with E-state index in [-0.39, 0.29) is 0 Å². The van der Waals surface area contributed by atoms with Crippen molar-refractivity contribution in [3.63, 3.8) is 0 Å². The summed E-state index contributed by atoms with van der Waals surface area (Å²) in [5.74, 6) is 0.542. The molecule has 0 unspecified atom stereocenters. The number of rotatable bonds is 5.